The highest BCUT2D eigenvalue weighted by Crippen LogP contribution is 2.30. The summed E-state index contributed by atoms with van der Waals surface area (Å²) in [5.41, 5.74) is 1.82. The van der Waals surface area contributed by atoms with E-state index in [-0.39, 0.29) is 17.5 Å². The number of hydrogen-bond acceptors (Lipinski definition) is 3. The average Bonchev–Trinajstić information content (AvgIpc) is 2.73. The Morgan fingerprint density at radius 3 is 2.78 bits per heavy atom. The Morgan fingerprint density at radius 2 is 2.11 bits per heavy atom. The number of rotatable bonds is 1. The van der Waals surface area contributed by atoms with Gasteiger partial charge in [0.05, 0.1) is 6.20 Å². The number of fused-ring (bicyclic) bond motifs is 1. The van der Waals surface area contributed by atoms with Gasteiger partial charge in [-0.05, 0) is 46.2 Å². The van der Waals surface area contributed by atoms with Crippen LogP contribution >= 0.6 is 0 Å². The fourth-order valence-corrected chi connectivity index (χ4v) is 3.08. The zero-order valence-corrected chi connectivity index (χ0v) is 11.0. The molecule has 1 spiro atoms. The molecule has 0 aliphatic carbocycles. The van der Waals surface area contributed by atoms with E-state index in [1.165, 1.54) is 0 Å². The van der Waals surface area contributed by atoms with E-state index in [1.807, 2.05) is 10.9 Å². The second-order valence-electron chi connectivity index (χ2n) is 5.72. The molecule has 98 valence electrons. The van der Waals surface area contributed by atoms with Crippen LogP contribution < -0.4 is 10.6 Å². The molecule has 0 radical (unpaired) electrons. The SMILES string of the molecule is CC(C)n1ncc2c1C(=O)NC1(CCNCC1)C2. The van der Waals surface area contributed by atoms with Crippen LogP contribution in [0, 0.1) is 0 Å². The molecular formula is C13H20N4O. The molecular weight excluding hydrogens is 228 g/mol. The van der Waals surface area contributed by atoms with E-state index in [0.29, 0.717) is 0 Å². The maximum Gasteiger partial charge on any atom is 0.270 e. The first kappa shape index (κ1) is 11.7. The lowest BCUT2D eigenvalue weighted by molar-refractivity contribution is 0.0837. The number of nitrogens with zero attached hydrogens (tertiary/aromatic N) is 2. The lowest BCUT2D eigenvalue weighted by Gasteiger charge is -2.41. The molecule has 1 fully saturated rings. The zero-order chi connectivity index (χ0) is 12.8. The third kappa shape index (κ3) is 1.73. The maximum absolute atomic E-state index is 12.4. The van der Waals surface area contributed by atoms with Crippen molar-refractivity contribution in [1.29, 1.82) is 0 Å². The number of carbonyl (C=O) groups is 1. The number of piperidine rings is 1. The lowest BCUT2D eigenvalue weighted by Crippen LogP contribution is -2.58. The summed E-state index contributed by atoms with van der Waals surface area (Å²) in [6.07, 6.45) is 4.80. The third-order valence-electron chi connectivity index (χ3n) is 4.04. The Hall–Kier alpha value is -1.36. The average molecular weight is 248 g/mol. The Bertz CT molecular complexity index is 471. The smallest absolute Gasteiger partial charge is 0.270 e. The van der Waals surface area contributed by atoms with E-state index in [0.717, 1.165) is 43.6 Å². The third-order valence-corrected chi connectivity index (χ3v) is 4.04. The molecule has 5 heteroatoms. The summed E-state index contributed by atoms with van der Waals surface area (Å²) < 4.78 is 1.83. The molecule has 2 aliphatic heterocycles. The van der Waals surface area contributed by atoms with Crippen LogP contribution in [0.15, 0.2) is 6.20 Å². The van der Waals surface area contributed by atoms with Gasteiger partial charge in [0.25, 0.3) is 5.91 Å². The van der Waals surface area contributed by atoms with Crippen molar-refractivity contribution in [1.82, 2.24) is 20.4 Å². The van der Waals surface area contributed by atoms with Gasteiger partial charge in [-0.25, -0.2) is 0 Å². The maximum atomic E-state index is 12.4. The summed E-state index contributed by atoms with van der Waals surface area (Å²) in [6, 6.07) is 0.224. The molecule has 0 atom stereocenters. The number of aromatic nitrogens is 2. The highest BCUT2D eigenvalue weighted by molar-refractivity contribution is 5.95. The van der Waals surface area contributed by atoms with E-state index in [4.69, 9.17) is 0 Å². The molecule has 1 saturated heterocycles. The Morgan fingerprint density at radius 1 is 1.39 bits per heavy atom. The van der Waals surface area contributed by atoms with E-state index in [2.05, 4.69) is 29.6 Å². The van der Waals surface area contributed by atoms with Crippen molar-refractivity contribution in [3.63, 3.8) is 0 Å². The van der Waals surface area contributed by atoms with Crippen molar-refractivity contribution < 1.29 is 4.79 Å². The molecule has 3 rings (SSSR count). The van der Waals surface area contributed by atoms with Gasteiger partial charge in [0.1, 0.15) is 5.69 Å². The quantitative estimate of drug-likeness (QED) is 0.775. The van der Waals surface area contributed by atoms with Crippen molar-refractivity contribution in [3.05, 3.63) is 17.5 Å². The van der Waals surface area contributed by atoms with Crippen LogP contribution in [0.3, 0.4) is 0 Å². The van der Waals surface area contributed by atoms with Crippen molar-refractivity contribution in [2.24, 2.45) is 0 Å². The molecule has 0 unspecified atom stereocenters. The van der Waals surface area contributed by atoms with Gasteiger partial charge >= 0.3 is 0 Å². The first-order valence-corrected chi connectivity index (χ1v) is 6.71. The van der Waals surface area contributed by atoms with Crippen LogP contribution in [-0.2, 0) is 6.42 Å². The van der Waals surface area contributed by atoms with Gasteiger partial charge < -0.3 is 10.6 Å². The van der Waals surface area contributed by atoms with Crippen molar-refractivity contribution in [2.75, 3.05) is 13.1 Å². The molecule has 5 nitrogen and oxygen atoms in total. The van der Waals surface area contributed by atoms with Gasteiger partial charge in [0.15, 0.2) is 0 Å². The van der Waals surface area contributed by atoms with Gasteiger partial charge in [0.2, 0.25) is 0 Å². The Kier molecular flexibility index (Phi) is 2.66. The van der Waals surface area contributed by atoms with Crippen LogP contribution in [0.5, 0.6) is 0 Å². The number of carbonyl (C=O) groups excluding carboxylic acids is 1. The Balaban J connectivity index is 1.96. The van der Waals surface area contributed by atoms with Gasteiger partial charge in [0, 0.05) is 17.1 Å². The van der Waals surface area contributed by atoms with Crippen LogP contribution in [0.2, 0.25) is 0 Å². The standard InChI is InChI=1S/C13H20N4O/c1-9(2)17-11-10(8-15-17)7-13(16-12(11)18)3-5-14-6-4-13/h8-9,14H,3-7H2,1-2H3,(H,16,18). The summed E-state index contributed by atoms with van der Waals surface area (Å²) in [5, 5.41) is 10.9. The predicted octanol–water partition coefficient (Wildman–Crippen LogP) is 0.872. The number of nitrogens with one attached hydrogen (secondary N) is 2. The monoisotopic (exact) mass is 248 g/mol. The minimum atomic E-state index is -0.0415. The van der Waals surface area contributed by atoms with Crippen molar-refractivity contribution >= 4 is 5.91 Å². The van der Waals surface area contributed by atoms with Crippen LogP contribution in [-0.4, -0.2) is 34.3 Å². The van der Waals surface area contributed by atoms with Crippen LogP contribution in [0.1, 0.15) is 48.8 Å². The van der Waals surface area contributed by atoms with Gasteiger partial charge in [-0.3, -0.25) is 9.48 Å². The second-order valence-corrected chi connectivity index (χ2v) is 5.72. The largest absolute Gasteiger partial charge is 0.345 e. The van der Waals surface area contributed by atoms with E-state index in [9.17, 15) is 4.79 Å². The molecule has 2 aliphatic rings. The summed E-state index contributed by atoms with van der Waals surface area (Å²) in [4.78, 5) is 12.4. The topological polar surface area (TPSA) is 59.0 Å². The van der Waals surface area contributed by atoms with Crippen molar-refractivity contribution in [3.8, 4) is 0 Å². The highest BCUT2D eigenvalue weighted by atomic mass is 16.2. The lowest BCUT2D eigenvalue weighted by atomic mass is 9.80. The minimum absolute atomic E-state index is 0.0415. The fourth-order valence-electron chi connectivity index (χ4n) is 3.08. The van der Waals surface area contributed by atoms with Crippen molar-refractivity contribution in [2.45, 2.75) is 44.7 Å². The highest BCUT2D eigenvalue weighted by Gasteiger charge is 2.40. The fraction of sp³-hybridized carbons (Fsp3) is 0.692. The van der Waals surface area contributed by atoms with Gasteiger partial charge in [-0.1, -0.05) is 0 Å². The molecule has 2 N–H and O–H groups in total. The second kappa shape index (κ2) is 4.09. The normalized spacial score (nSPS) is 22.1. The number of amides is 1. The van der Waals surface area contributed by atoms with Gasteiger partial charge in [-0.2, -0.15) is 5.10 Å². The molecule has 3 heterocycles. The van der Waals surface area contributed by atoms with Crippen LogP contribution in [0.25, 0.3) is 0 Å². The first-order chi connectivity index (χ1) is 8.61. The summed E-state index contributed by atoms with van der Waals surface area (Å²) >= 11 is 0. The summed E-state index contributed by atoms with van der Waals surface area (Å²) in [5.74, 6) is 0.0457. The van der Waals surface area contributed by atoms with E-state index < -0.39 is 0 Å². The predicted molar refractivity (Wildman–Crippen MR) is 68.6 cm³/mol. The van der Waals surface area contributed by atoms with E-state index in [1.54, 1.807) is 0 Å². The first-order valence-electron chi connectivity index (χ1n) is 6.71. The Labute approximate surface area is 107 Å². The molecule has 1 amide bonds. The van der Waals surface area contributed by atoms with E-state index >= 15 is 0 Å². The minimum Gasteiger partial charge on any atom is -0.345 e. The van der Waals surface area contributed by atoms with Crippen LogP contribution in [0.4, 0.5) is 0 Å². The van der Waals surface area contributed by atoms with Gasteiger partial charge in [-0.15, -0.1) is 0 Å². The zero-order valence-electron chi connectivity index (χ0n) is 11.0. The number of hydrogen-bond donors (Lipinski definition) is 2. The molecule has 0 saturated carbocycles. The molecule has 1 aromatic heterocycles. The molecule has 0 bridgehead atoms. The summed E-state index contributed by atoms with van der Waals surface area (Å²) in [7, 11) is 0. The molecule has 1 aromatic rings. The summed E-state index contributed by atoms with van der Waals surface area (Å²) in [6.45, 7) is 6.06. The molecule has 0 aromatic carbocycles. The molecule has 18 heavy (non-hydrogen) atoms.